The van der Waals surface area contributed by atoms with E-state index in [0.29, 0.717) is 16.4 Å². The maximum absolute atomic E-state index is 12.2. The lowest BCUT2D eigenvalue weighted by Crippen LogP contribution is -2.11. The molecule has 3 aromatic rings. The van der Waals surface area contributed by atoms with E-state index >= 15 is 0 Å². The number of aromatic nitrogens is 1. The van der Waals surface area contributed by atoms with Gasteiger partial charge in [0.15, 0.2) is 9.84 Å². The molecule has 0 unspecified atom stereocenters. The fraction of sp³-hybridized carbons (Fsp3) is 0.0625. The van der Waals surface area contributed by atoms with Gasteiger partial charge in [0.1, 0.15) is 0 Å². The minimum atomic E-state index is -3.24. The van der Waals surface area contributed by atoms with Gasteiger partial charge in [-0.25, -0.2) is 8.42 Å². The Balaban J connectivity index is 2.12. The molecule has 0 amide bonds. The van der Waals surface area contributed by atoms with E-state index in [1.807, 2.05) is 0 Å². The van der Waals surface area contributed by atoms with Crippen LogP contribution in [-0.2, 0) is 9.84 Å². The van der Waals surface area contributed by atoms with Crippen LogP contribution in [0.15, 0.2) is 63.6 Å². The summed E-state index contributed by atoms with van der Waals surface area (Å²) in [6.07, 6.45) is 1.16. The smallest absolute Gasteiger partial charge is 0.267 e. The van der Waals surface area contributed by atoms with Gasteiger partial charge in [0, 0.05) is 16.7 Å². The molecule has 0 bridgehead atoms. The highest BCUT2D eigenvalue weighted by atomic mass is 35.5. The number of hydrogen-bond donors (Lipinski definition) is 0. The number of halogens is 1. The summed E-state index contributed by atoms with van der Waals surface area (Å²) in [7, 11) is -3.24. The Hall–Kier alpha value is -1.89. The first-order chi connectivity index (χ1) is 10.9. The molecule has 0 aliphatic carbocycles. The van der Waals surface area contributed by atoms with E-state index in [0.717, 1.165) is 23.2 Å². The predicted octanol–water partition coefficient (Wildman–Crippen LogP) is 3.62. The molecule has 4 nitrogen and oxygen atoms in total. The van der Waals surface area contributed by atoms with E-state index in [1.165, 1.54) is 0 Å². The first-order valence-electron chi connectivity index (χ1n) is 6.63. The SMILES string of the molecule is CS(=O)(=O)c1ccc(-c2csc(=O)n2-c2ccc(Cl)cc2)cc1. The van der Waals surface area contributed by atoms with Gasteiger partial charge in [0.2, 0.25) is 0 Å². The topological polar surface area (TPSA) is 56.1 Å². The van der Waals surface area contributed by atoms with Crippen molar-refractivity contribution in [3.8, 4) is 16.9 Å². The molecular weight excluding hydrogens is 354 g/mol. The van der Waals surface area contributed by atoms with Gasteiger partial charge in [0.05, 0.1) is 16.3 Å². The Morgan fingerprint density at radius 1 is 1.00 bits per heavy atom. The van der Waals surface area contributed by atoms with Crippen LogP contribution >= 0.6 is 22.9 Å². The van der Waals surface area contributed by atoms with Gasteiger partial charge in [-0.2, -0.15) is 0 Å². The van der Waals surface area contributed by atoms with E-state index in [2.05, 4.69) is 0 Å². The Kier molecular flexibility index (Phi) is 4.14. The molecule has 0 saturated heterocycles. The fourth-order valence-electron chi connectivity index (χ4n) is 2.21. The fourth-order valence-corrected chi connectivity index (χ4v) is 3.73. The van der Waals surface area contributed by atoms with Crippen LogP contribution in [0.1, 0.15) is 0 Å². The monoisotopic (exact) mass is 365 g/mol. The van der Waals surface area contributed by atoms with Gasteiger partial charge >= 0.3 is 4.87 Å². The highest BCUT2D eigenvalue weighted by molar-refractivity contribution is 7.90. The van der Waals surface area contributed by atoms with E-state index in [9.17, 15) is 13.2 Å². The van der Waals surface area contributed by atoms with Gasteiger partial charge in [0.25, 0.3) is 0 Å². The second-order valence-corrected chi connectivity index (χ2v) is 8.27. The predicted molar refractivity (Wildman–Crippen MR) is 93.5 cm³/mol. The number of hydrogen-bond acceptors (Lipinski definition) is 4. The number of sulfone groups is 1. The molecule has 7 heteroatoms. The number of thiazole rings is 1. The van der Waals surface area contributed by atoms with E-state index in [-0.39, 0.29) is 9.77 Å². The molecule has 1 aromatic heterocycles. The minimum absolute atomic E-state index is 0.116. The summed E-state index contributed by atoms with van der Waals surface area (Å²) < 4.78 is 24.7. The Morgan fingerprint density at radius 2 is 1.61 bits per heavy atom. The van der Waals surface area contributed by atoms with Crippen molar-refractivity contribution in [2.45, 2.75) is 4.90 Å². The highest BCUT2D eigenvalue weighted by Crippen LogP contribution is 2.25. The van der Waals surface area contributed by atoms with Gasteiger partial charge < -0.3 is 0 Å². The van der Waals surface area contributed by atoms with Gasteiger partial charge in [-0.3, -0.25) is 9.36 Å². The largest absolute Gasteiger partial charge is 0.312 e. The summed E-state index contributed by atoms with van der Waals surface area (Å²) >= 11 is 6.98. The first kappa shape index (κ1) is 16.0. The average molecular weight is 366 g/mol. The summed E-state index contributed by atoms with van der Waals surface area (Å²) in [5, 5.41) is 2.35. The molecule has 0 atom stereocenters. The zero-order chi connectivity index (χ0) is 16.6. The highest BCUT2D eigenvalue weighted by Gasteiger charge is 2.12. The summed E-state index contributed by atoms with van der Waals surface area (Å²) in [5.41, 5.74) is 2.19. The maximum Gasteiger partial charge on any atom is 0.312 e. The van der Waals surface area contributed by atoms with Crippen molar-refractivity contribution in [3.63, 3.8) is 0 Å². The standard InChI is InChI=1S/C16H12ClNO3S2/c1-23(20,21)14-8-2-11(3-9-14)15-10-22-16(19)18(15)13-6-4-12(17)5-7-13/h2-10H,1H3. The molecule has 0 aliphatic heterocycles. The average Bonchev–Trinajstić information content (AvgIpc) is 2.89. The van der Waals surface area contributed by atoms with Crippen LogP contribution in [0, 0.1) is 0 Å². The number of nitrogens with zero attached hydrogens (tertiary/aromatic N) is 1. The molecule has 2 aromatic carbocycles. The lowest BCUT2D eigenvalue weighted by molar-refractivity contribution is 0.602. The van der Waals surface area contributed by atoms with Crippen LogP contribution in [0.5, 0.6) is 0 Å². The third-order valence-electron chi connectivity index (χ3n) is 3.36. The molecule has 118 valence electrons. The van der Waals surface area contributed by atoms with Crippen molar-refractivity contribution < 1.29 is 8.42 Å². The molecule has 1 heterocycles. The lowest BCUT2D eigenvalue weighted by atomic mass is 10.1. The zero-order valence-electron chi connectivity index (χ0n) is 12.1. The summed E-state index contributed by atoms with van der Waals surface area (Å²) in [5.74, 6) is 0. The maximum atomic E-state index is 12.2. The molecule has 3 rings (SSSR count). The van der Waals surface area contributed by atoms with E-state index in [1.54, 1.807) is 58.5 Å². The summed E-state index contributed by atoms with van der Waals surface area (Å²) in [6, 6.07) is 13.5. The third-order valence-corrected chi connectivity index (χ3v) is 5.46. The number of benzene rings is 2. The van der Waals surface area contributed by atoms with Crippen LogP contribution in [-0.4, -0.2) is 19.2 Å². The van der Waals surface area contributed by atoms with Crippen molar-refractivity contribution in [2.75, 3.05) is 6.26 Å². The molecule has 0 aliphatic rings. The van der Waals surface area contributed by atoms with Crippen molar-refractivity contribution in [3.05, 3.63) is 68.6 Å². The third kappa shape index (κ3) is 3.24. The summed E-state index contributed by atoms with van der Waals surface area (Å²) in [6.45, 7) is 0. The number of rotatable bonds is 3. The quantitative estimate of drug-likeness (QED) is 0.712. The second kappa shape index (κ2) is 5.96. The molecule has 23 heavy (non-hydrogen) atoms. The molecule has 0 N–H and O–H groups in total. The van der Waals surface area contributed by atoms with Crippen LogP contribution in [0.25, 0.3) is 16.9 Å². The molecule has 0 spiro atoms. The normalized spacial score (nSPS) is 11.6. The second-order valence-electron chi connectivity index (χ2n) is 5.00. The van der Waals surface area contributed by atoms with Crippen LogP contribution < -0.4 is 4.87 Å². The van der Waals surface area contributed by atoms with Crippen molar-refractivity contribution in [1.29, 1.82) is 0 Å². The van der Waals surface area contributed by atoms with Crippen LogP contribution in [0.4, 0.5) is 0 Å². The van der Waals surface area contributed by atoms with Crippen molar-refractivity contribution in [2.24, 2.45) is 0 Å². The van der Waals surface area contributed by atoms with Gasteiger partial charge in [-0.1, -0.05) is 35.1 Å². The lowest BCUT2D eigenvalue weighted by Gasteiger charge is -2.08. The van der Waals surface area contributed by atoms with Crippen LogP contribution in [0.3, 0.4) is 0 Å². The first-order valence-corrected chi connectivity index (χ1v) is 9.78. The Labute approximate surface area is 142 Å². The van der Waals surface area contributed by atoms with Crippen molar-refractivity contribution >= 4 is 32.8 Å². The molecule has 0 saturated carbocycles. The van der Waals surface area contributed by atoms with E-state index < -0.39 is 9.84 Å². The Morgan fingerprint density at radius 3 is 2.17 bits per heavy atom. The summed E-state index contributed by atoms with van der Waals surface area (Å²) in [4.78, 5) is 12.3. The molecule has 0 fully saturated rings. The molecule has 0 radical (unpaired) electrons. The van der Waals surface area contributed by atoms with Crippen molar-refractivity contribution in [1.82, 2.24) is 4.57 Å². The van der Waals surface area contributed by atoms with Gasteiger partial charge in [-0.15, -0.1) is 0 Å². The van der Waals surface area contributed by atoms with Gasteiger partial charge in [-0.05, 0) is 42.0 Å². The molecular formula is C16H12ClNO3S2. The minimum Gasteiger partial charge on any atom is -0.267 e. The van der Waals surface area contributed by atoms with E-state index in [4.69, 9.17) is 11.6 Å². The van der Waals surface area contributed by atoms with Crippen LogP contribution in [0.2, 0.25) is 5.02 Å². The zero-order valence-corrected chi connectivity index (χ0v) is 14.5. The Bertz CT molecular complexity index is 1000.